The number of likely N-dealkylation sites (tertiary alicyclic amines) is 1. The number of aromatic nitrogens is 2. The van der Waals surface area contributed by atoms with E-state index < -0.39 is 0 Å². The van der Waals surface area contributed by atoms with E-state index in [0.29, 0.717) is 17.7 Å². The van der Waals surface area contributed by atoms with Crippen molar-refractivity contribution in [2.75, 3.05) is 31.1 Å². The summed E-state index contributed by atoms with van der Waals surface area (Å²) in [5.41, 5.74) is 2.37. The molecule has 2 fully saturated rings. The van der Waals surface area contributed by atoms with Gasteiger partial charge in [-0.25, -0.2) is 9.97 Å². The Morgan fingerprint density at radius 1 is 1.04 bits per heavy atom. The van der Waals surface area contributed by atoms with E-state index in [0.717, 1.165) is 44.8 Å². The molecular weight excluding hydrogens is 300 g/mol. The molecule has 0 spiro atoms. The molecule has 2 saturated heterocycles. The third-order valence-electron chi connectivity index (χ3n) is 5.74. The Kier molecular flexibility index (Phi) is 3.59. The molecule has 3 heterocycles. The number of fused-ring (bicyclic) bond motifs is 2. The zero-order chi connectivity index (χ0) is 17.1. The minimum absolute atomic E-state index is 0.275. The molecule has 0 saturated carbocycles. The molecular formula is C19H28N4O. The van der Waals surface area contributed by atoms with Gasteiger partial charge in [0.05, 0.1) is 0 Å². The number of hydrogen-bond donors (Lipinski definition) is 0. The van der Waals surface area contributed by atoms with Gasteiger partial charge in [0.15, 0.2) is 0 Å². The summed E-state index contributed by atoms with van der Waals surface area (Å²) in [6.07, 6.45) is 3.42. The monoisotopic (exact) mass is 328 g/mol. The van der Waals surface area contributed by atoms with E-state index in [1.807, 2.05) is 27.7 Å². The van der Waals surface area contributed by atoms with Crippen molar-refractivity contribution in [1.29, 1.82) is 0 Å². The summed E-state index contributed by atoms with van der Waals surface area (Å²) < 4.78 is 0. The van der Waals surface area contributed by atoms with Crippen molar-refractivity contribution < 1.29 is 4.79 Å². The SMILES string of the molecule is Cc1nc2c(c(N3CC4CN(C(=O)C(C)(C)C)CC4C3)n1)CCC2. The topological polar surface area (TPSA) is 49.3 Å². The van der Waals surface area contributed by atoms with Crippen molar-refractivity contribution in [3.05, 3.63) is 17.1 Å². The van der Waals surface area contributed by atoms with Crippen LogP contribution in [-0.2, 0) is 17.6 Å². The molecule has 1 aliphatic carbocycles. The van der Waals surface area contributed by atoms with Gasteiger partial charge in [0.25, 0.3) is 0 Å². The molecule has 2 atom stereocenters. The predicted molar refractivity (Wildman–Crippen MR) is 94.0 cm³/mol. The van der Waals surface area contributed by atoms with E-state index in [-0.39, 0.29) is 5.41 Å². The summed E-state index contributed by atoms with van der Waals surface area (Å²) in [5, 5.41) is 0. The maximum Gasteiger partial charge on any atom is 0.227 e. The highest BCUT2D eigenvalue weighted by Crippen LogP contribution is 2.38. The summed E-state index contributed by atoms with van der Waals surface area (Å²) in [6, 6.07) is 0. The molecule has 1 aromatic rings. The second-order valence-corrected chi connectivity index (χ2v) is 8.76. The molecule has 1 amide bonds. The van der Waals surface area contributed by atoms with Crippen LogP contribution in [0.3, 0.4) is 0 Å². The number of aryl methyl sites for hydroxylation is 2. The highest BCUT2D eigenvalue weighted by atomic mass is 16.2. The Bertz CT molecular complexity index is 665. The number of rotatable bonds is 1. The van der Waals surface area contributed by atoms with Gasteiger partial charge in [-0.1, -0.05) is 20.8 Å². The largest absolute Gasteiger partial charge is 0.356 e. The van der Waals surface area contributed by atoms with Crippen molar-refractivity contribution in [2.24, 2.45) is 17.3 Å². The number of hydrogen-bond acceptors (Lipinski definition) is 4. The lowest BCUT2D eigenvalue weighted by atomic mass is 9.95. The molecule has 0 radical (unpaired) electrons. The Hall–Kier alpha value is -1.65. The van der Waals surface area contributed by atoms with Crippen LogP contribution in [0.15, 0.2) is 0 Å². The zero-order valence-electron chi connectivity index (χ0n) is 15.3. The number of nitrogens with zero attached hydrogens (tertiary/aromatic N) is 4. The summed E-state index contributed by atoms with van der Waals surface area (Å²) in [5.74, 6) is 3.54. The molecule has 2 unspecified atom stereocenters. The molecule has 2 aliphatic heterocycles. The summed E-state index contributed by atoms with van der Waals surface area (Å²) >= 11 is 0. The first-order chi connectivity index (χ1) is 11.3. The number of carbonyl (C=O) groups excluding carboxylic acids is 1. The molecule has 5 heteroatoms. The van der Waals surface area contributed by atoms with Crippen molar-refractivity contribution in [3.63, 3.8) is 0 Å². The van der Waals surface area contributed by atoms with E-state index >= 15 is 0 Å². The standard InChI is InChI=1S/C19H28N4O/c1-12-20-16-7-5-6-15(16)17(21-12)22-8-13-10-23(11-14(13)9-22)18(24)19(2,3)4/h13-14H,5-11H2,1-4H3. The second kappa shape index (κ2) is 5.43. The van der Waals surface area contributed by atoms with Crippen molar-refractivity contribution in [1.82, 2.24) is 14.9 Å². The Balaban J connectivity index is 1.50. The van der Waals surface area contributed by atoms with Crippen LogP contribution in [0.4, 0.5) is 5.82 Å². The maximum atomic E-state index is 12.5. The molecule has 130 valence electrons. The van der Waals surface area contributed by atoms with Gasteiger partial charge in [0, 0.05) is 54.7 Å². The van der Waals surface area contributed by atoms with Crippen LogP contribution in [0.1, 0.15) is 44.3 Å². The van der Waals surface area contributed by atoms with Crippen LogP contribution in [0, 0.1) is 24.2 Å². The fourth-order valence-electron chi connectivity index (χ4n) is 4.60. The van der Waals surface area contributed by atoms with Crippen molar-refractivity contribution in [2.45, 2.75) is 47.0 Å². The van der Waals surface area contributed by atoms with E-state index in [2.05, 4.69) is 14.8 Å². The lowest BCUT2D eigenvalue weighted by Gasteiger charge is -2.28. The third kappa shape index (κ3) is 2.58. The number of carbonyl (C=O) groups is 1. The molecule has 0 bridgehead atoms. The van der Waals surface area contributed by atoms with Crippen LogP contribution in [-0.4, -0.2) is 47.0 Å². The van der Waals surface area contributed by atoms with Crippen LogP contribution in [0.5, 0.6) is 0 Å². The molecule has 5 nitrogen and oxygen atoms in total. The van der Waals surface area contributed by atoms with E-state index in [9.17, 15) is 4.79 Å². The quantitative estimate of drug-likeness (QED) is 0.793. The first kappa shape index (κ1) is 15.9. The highest BCUT2D eigenvalue weighted by Gasteiger charge is 2.44. The molecule has 4 rings (SSSR count). The second-order valence-electron chi connectivity index (χ2n) is 8.76. The third-order valence-corrected chi connectivity index (χ3v) is 5.74. The van der Waals surface area contributed by atoms with Gasteiger partial charge >= 0.3 is 0 Å². The molecule has 0 aromatic carbocycles. The average molecular weight is 328 g/mol. The van der Waals surface area contributed by atoms with Gasteiger partial charge in [-0.3, -0.25) is 4.79 Å². The summed E-state index contributed by atoms with van der Waals surface area (Å²) in [6.45, 7) is 11.9. The molecule has 1 aromatic heterocycles. The van der Waals surface area contributed by atoms with Crippen LogP contribution >= 0.6 is 0 Å². The zero-order valence-corrected chi connectivity index (χ0v) is 15.3. The summed E-state index contributed by atoms with van der Waals surface area (Å²) in [4.78, 5) is 26.5. The van der Waals surface area contributed by atoms with Gasteiger partial charge in [-0.2, -0.15) is 0 Å². The van der Waals surface area contributed by atoms with Crippen molar-refractivity contribution >= 4 is 11.7 Å². The predicted octanol–water partition coefficient (Wildman–Crippen LogP) is 2.21. The Morgan fingerprint density at radius 3 is 2.33 bits per heavy atom. The maximum absolute atomic E-state index is 12.5. The highest BCUT2D eigenvalue weighted by molar-refractivity contribution is 5.81. The fraction of sp³-hybridized carbons (Fsp3) is 0.737. The molecule has 0 N–H and O–H groups in total. The lowest BCUT2D eigenvalue weighted by molar-refractivity contribution is -0.138. The van der Waals surface area contributed by atoms with Gasteiger partial charge in [0.1, 0.15) is 11.6 Å². The van der Waals surface area contributed by atoms with Crippen molar-refractivity contribution in [3.8, 4) is 0 Å². The number of anilines is 1. The first-order valence-corrected chi connectivity index (χ1v) is 9.23. The van der Waals surface area contributed by atoms with Gasteiger partial charge in [-0.05, 0) is 26.2 Å². The summed E-state index contributed by atoms with van der Waals surface area (Å²) in [7, 11) is 0. The van der Waals surface area contributed by atoms with Crippen LogP contribution in [0.25, 0.3) is 0 Å². The Labute approximate surface area is 144 Å². The minimum Gasteiger partial charge on any atom is -0.356 e. The number of amides is 1. The van der Waals surface area contributed by atoms with Gasteiger partial charge in [0.2, 0.25) is 5.91 Å². The van der Waals surface area contributed by atoms with Gasteiger partial charge in [-0.15, -0.1) is 0 Å². The smallest absolute Gasteiger partial charge is 0.227 e. The molecule has 24 heavy (non-hydrogen) atoms. The fourth-order valence-corrected chi connectivity index (χ4v) is 4.60. The normalized spacial score (nSPS) is 26.0. The Morgan fingerprint density at radius 2 is 1.71 bits per heavy atom. The lowest BCUT2D eigenvalue weighted by Crippen LogP contribution is -2.40. The van der Waals surface area contributed by atoms with Gasteiger partial charge < -0.3 is 9.80 Å². The van der Waals surface area contributed by atoms with E-state index in [1.54, 1.807) is 0 Å². The van der Waals surface area contributed by atoms with E-state index in [1.165, 1.54) is 23.5 Å². The van der Waals surface area contributed by atoms with E-state index in [4.69, 9.17) is 4.98 Å². The first-order valence-electron chi connectivity index (χ1n) is 9.23. The minimum atomic E-state index is -0.275. The average Bonchev–Trinajstić information content (AvgIpc) is 3.17. The van der Waals surface area contributed by atoms with Crippen LogP contribution in [0.2, 0.25) is 0 Å². The van der Waals surface area contributed by atoms with Crippen LogP contribution < -0.4 is 4.90 Å². The molecule has 3 aliphatic rings.